The third-order valence-corrected chi connectivity index (χ3v) is 24.7. The smallest absolute Gasteiger partial charge is 0.201 e. The first kappa shape index (κ1) is 34.7. The molecular formula is C38H70O2Si2. The van der Waals surface area contributed by atoms with E-state index in [2.05, 4.69) is 80.7 Å². The molecule has 0 aromatic rings. The third-order valence-electron chi connectivity index (χ3n) is 13.5. The zero-order chi connectivity index (χ0) is 30.7. The van der Waals surface area contributed by atoms with E-state index in [4.69, 9.17) is 8.85 Å². The highest BCUT2D eigenvalue weighted by Gasteiger charge is 2.51. The molecule has 42 heavy (non-hydrogen) atoms. The molecule has 0 amide bonds. The van der Waals surface area contributed by atoms with Gasteiger partial charge >= 0.3 is 0 Å². The molecule has 4 rings (SSSR count). The Kier molecular flexibility index (Phi) is 12.4. The lowest BCUT2D eigenvalue weighted by Gasteiger charge is -2.46. The lowest BCUT2D eigenvalue weighted by Crippen LogP contribution is -2.50. The Bertz CT molecular complexity index is 779. The monoisotopic (exact) mass is 614 g/mol. The van der Waals surface area contributed by atoms with Gasteiger partial charge in [0.2, 0.25) is 16.6 Å². The second-order valence-electron chi connectivity index (χ2n) is 16.6. The molecule has 8 atom stereocenters. The highest BCUT2D eigenvalue weighted by Crippen LogP contribution is 2.54. The average Bonchev–Trinajstić information content (AvgIpc) is 3.55. The van der Waals surface area contributed by atoms with Crippen molar-refractivity contribution in [2.45, 2.75) is 179 Å². The second kappa shape index (κ2) is 14.9. The Morgan fingerprint density at radius 3 is 1.19 bits per heavy atom. The van der Waals surface area contributed by atoms with Crippen molar-refractivity contribution in [2.75, 3.05) is 0 Å². The predicted molar refractivity (Wildman–Crippen MR) is 188 cm³/mol. The molecule has 0 N–H and O–H groups in total. The quantitative estimate of drug-likeness (QED) is 0.135. The van der Waals surface area contributed by atoms with Gasteiger partial charge in [-0.05, 0) is 134 Å². The van der Waals surface area contributed by atoms with Crippen LogP contribution in [-0.4, -0.2) is 28.8 Å². The van der Waals surface area contributed by atoms with Crippen LogP contribution in [0, 0.1) is 35.5 Å². The molecule has 8 unspecified atom stereocenters. The van der Waals surface area contributed by atoms with Crippen LogP contribution in [0.4, 0.5) is 0 Å². The largest absolute Gasteiger partial charge is 0.413 e. The molecule has 0 aromatic heterocycles. The van der Waals surface area contributed by atoms with Crippen molar-refractivity contribution in [3.63, 3.8) is 0 Å². The topological polar surface area (TPSA) is 18.5 Å². The van der Waals surface area contributed by atoms with E-state index in [1.54, 1.807) is 0 Å². The Labute approximate surface area is 264 Å². The molecule has 0 radical (unpaired) electrons. The van der Waals surface area contributed by atoms with Gasteiger partial charge in [0.1, 0.15) is 0 Å². The summed E-state index contributed by atoms with van der Waals surface area (Å²) in [6.07, 6.45) is 22.4. The molecule has 0 spiro atoms. The van der Waals surface area contributed by atoms with E-state index in [9.17, 15) is 0 Å². The summed E-state index contributed by atoms with van der Waals surface area (Å²) in [4.78, 5) is 0. The molecule has 2 nitrogen and oxygen atoms in total. The van der Waals surface area contributed by atoms with Crippen LogP contribution < -0.4 is 0 Å². The molecule has 0 aliphatic heterocycles. The van der Waals surface area contributed by atoms with Crippen molar-refractivity contribution >= 4 is 16.6 Å². The molecule has 242 valence electrons. The summed E-state index contributed by atoms with van der Waals surface area (Å²) in [5.74, 6) is 5.35. The van der Waals surface area contributed by atoms with Gasteiger partial charge < -0.3 is 8.85 Å². The highest BCUT2D eigenvalue weighted by atomic mass is 28.4. The SMILES string of the molecule is C=CC[Si](OC1CCCC2C(CCC3CCC4C(O[Si](CC=C)(C(C)C)C(C)C)CCCC34)CCC12)(C(C)C)C(C)C. The first-order valence-corrected chi connectivity index (χ1v) is 23.1. The summed E-state index contributed by atoms with van der Waals surface area (Å²) in [5.41, 5.74) is 2.60. The minimum Gasteiger partial charge on any atom is -0.413 e. The molecule has 0 aromatic carbocycles. The summed E-state index contributed by atoms with van der Waals surface area (Å²) in [6.45, 7) is 27.7. The van der Waals surface area contributed by atoms with Gasteiger partial charge in [0.05, 0.1) is 0 Å². The predicted octanol–water partition coefficient (Wildman–Crippen LogP) is 12.1. The molecule has 4 saturated carbocycles. The van der Waals surface area contributed by atoms with E-state index in [-0.39, 0.29) is 0 Å². The van der Waals surface area contributed by atoms with Gasteiger partial charge in [-0.15, -0.1) is 13.2 Å². The van der Waals surface area contributed by atoms with Gasteiger partial charge in [-0.25, -0.2) is 0 Å². The highest BCUT2D eigenvalue weighted by molar-refractivity contribution is 6.77. The maximum absolute atomic E-state index is 7.41. The Hall–Kier alpha value is -0.166. The van der Waals surface area contributed by atoms with Gasteiger partial charge in [-0.3, -0.25) is 0 Å². The van der Waals surface area contributed by atoms with E-state index in [0.29, 0.717) is 34.4 Å². The summed E-state index contributed by atoms with van der Waals surface area (Å²) in [5, 5.41) is 0. The molecule has 4 fully saturated rings. The lowest BCUT2D eigenvalue weighted by molar-refractivity contribution is 0.0377. The first-order chi connectivity index (χ1) is 20.0. The Morgan fingerprint density at radius 2 is 0.881 bits per heavy atom. The van der Waals surface area contributed by atoms with Gasteiger partial charge in [0.15, 0.2) is 0 Å². The van der Waals surface area contributed by atoms with Crippen LogP contribution in [0.15, 0.2) is 25.3 Å². The number of allylic oxidation sites excluding steroid dienone is 2. The fraction of sp³-hybridized carbons (Fsp3) is 0.895. The summed E-state index contributed by atoms with van der Waals surface area (Å²) in [6, 6.07) is 2.22. The molecular weight excluding hydrogens is 545 g/mol. The first-order valence-electron chi connectivity index (χ1n) is 18.6. The van der Waals surface area contributed by atoms with Gasteiger partial charge in [-0.2, -0.15) is 0 Å². The molecule has 0 heterocycles. The molecule has 4 heteroatoms. The average molecular weight is 615 g/mol. The minimum absolute atomic E-state index is 0.513. The summed E-state index contributed by atoms with van der Waals surface area (Å²) < 4.78 is 14.8. The van der Waals surface area contributed by atoms with Crippen molar-refractivity contribution in [1.82, 2.24) is 0 Å². The van der Waals surface area contributed by atoms with Crippen LogP contribution in [0.1, 0.15) is 132 Å². The van der Waals surface area contributed by atoms with Crippen LogP contribution >= 0.6 is 0 Å². The van der Waals surface area contributed by atoms with Crippen LogP contribution in [0.3, 0.4) is 0 Å². The molecule has 4 aliphatic rings. The number of fused-ring (bicyclic) bond motifs is 2. The standard InChI is InChI=1S/C38H70O2Si2/c1-11-25-41(27(3)4,28(5)6)39-37-17-13-15-33-31(21-23-35(33)37)19-20-32-22-24-36-34(32)16-14-18-38(36)40-42(26-12-2,29(7)8)30(9)10/h11-12,27-38H,1-2,13-26H2,3-10H3. The van der Waals surface area contributed by atoms with Crippen molar-refractivity contribution < 1.29 is 8.85 Å². The van der Waals surface area contributed by atoms with Crippen molar-refractivity contribution in [3.05, 3.63) is 25.3 Å². The summed E-state index contributed by atoms with van der Waals surface area (Å²) in [7, 11) is -3.71. The molecule has 0 saturated heterocycles. The normalized spacial score (nSPS) is 33.9. The van der Waals surface area contributed by atoms with Crippen molar-refractivity contribution in [2.24, 2.45) is 35.5 Å². The van der Waals surface area contributed by atoms with Gasteiger partial charge in [0, 0.05) is 12.2 Å². The Morgan fingerprint density at radius 1 is 0.524 bits per heavy atom. The fourth-order valence-corrected chi connectivity index (χ4v) is 19.5. The van der Waals surface area contributed by atoms with E-state index in [1.165, 1.54) is 77.0 Å². The van der Waals surface area contributed by atoms with Crippen LogP contribution in [-0.2, 0) is 8.85 Å². The maximum atomic E-state index is 7.41. The number of rotatable bonds is 15. The lowest BCUT2D eigenvalue weighted by atomic mass is 9.72. The van der Waals surface area contributed by atoms with E-state index in [0.717, 1.165) is 47.6 Å². The Balaban J connectivity index is 1.37. The summed E-state index contributed by atoms with van der Waals surface area (Å²) >= 11 is 0. The van der Waals surface area contributed by atoms with Gasteiger partial charge in [-0.1, -0.05) is 80.4 Å². The van der Waals surface area contributed by atoms with Crippen LogP contribution in [0.25, 0.3) is 0 Å². The van der Waals surface area contributed by atoms with E-state index < -0.39 is 16.6 Å². The van der Waals surface area contributed by atoms with Crippen molar-refractivity contribution in [3.8, 4) is 0 Å². The molecule has 0 bridgehead atoms. The number of hydrogen-bond donors (Lipinski definition) is 0. The van der Waals surface area contributed by atoms with E-state index in [1.807, 2.05) is 0 Å². The van der Waals surface area contributed by atoms with Crippen LogP contribution in [0.2, 0.25) is 34.3 Å². The van der Waals surface area contributed by atoms with E-state index >= 15 is 0 Å². The zero-order valence-electron chi connectivity index (χ0n) is 29.2. The van der Waals surface area contributed by atoms with Crippen LogP contribution in [0.5, 0.6) is 0 Å². The minimum atomic E-state index is -1.86. The molecule has 4 aliphatic carbocycles. The second-order valence-corrected chi connectivity index (χ2v) is 26.3. The fourth-order valence-electron chi connectivity index (χ4n) is 11.1. The number of hydrogen-bond acceptors (Lipinski definition) is 2. The zero-order valence-corrected chi connectivity index (χ0v) is 31.2. The maximum Gasteiger partial charge on any atom is 0.201 e. The van der Waals surface area contributed by atoms with Crippen molar-refractivity contribution in [1.29, 1.82) is 0 Å². The van der Waals surface area contributed by atoms with Gasteiger partial charge in [0.25, 0.3) is 0 Å². The third kappa shape index (κ3) is 6.97.